The van der Waals surface area contributed by atoms with Crippen molar-refractivity contribution in [3.05, 3.63) is 53.9 Å². The van der Waals surface area contributed by atoms with Crippen molar-refractivity contribution >= 4 is 28.1 Å². The maximum Gasteiger partial charge on any atom is 0.220 e. The van der Waals surface area contributed by atoms with Crippen LogP contribution in [0.5, 0.6) is 0 Å². The van der Waals surface area contributed by atoms with Crippen LogP contribution >= 0.6 is 0 Å². The van der Waals surface area contributed by atoms with Gasteiger partial charge in [-0.25, -0.2) is 9.97 Å². The molecule has 4 nitrogen and oxygen atoms in total. The van der Waals surface area contributed by atoms with Crippen LogP contribution < -0.4 is 11.1 Å². The van der Waals surface area contributed by atoms with Gasteiger partial charge in [0.15, 0.2) is 0 Å². The van der Waals surface area contributed by atoms with E-state index in [1.807, 2.05) is 0 Å². The van der Waals surface area contributed by atoms with Crippen LogP contribution in [0.3, 0.4) is 0 Å². The third kappa shape index (κ3) is 8.00. The summed E-state index contributed by atoms with van der Waals surface area (Å²) in [7, 11) is 0. The van der Waals surface area contributed by atoms with Gasteiger partial charge in [-0.15, -0.1) is 0 Å². The minimum Gasteiger partial charge on any atom is -0.368 e. The molecular formula is C30H44N4. The summed E-state index contributed by atoms with van der Waals surface area (Å²) in [6.07, 6.45) is 17.1. The molecule has 1 aromatic heterocycles. The molecule has 3 aromatic rings. The Morgan fingerprint density at radius 3 is 1.79 bits per heavy atom. The number of aromatic nitrogens is 2. The summed E-state index contributed by atoms with van der Waals surface area (Å²) in [4.78, 5) is 9.43. The van der Waals surface area contributed by atoms with Crippen LogP contribution in [0, 0.1) is 0 Å². The van der Waals surface area contributed by atoms with Crippen LogP contribution in [0.4, 0.5) is 17.3 Å². The van der Waals surface area contributed by atoms with E-state index in [4.69, 9.17) is 15.7 Å². The summed E-state index contributed by atoms with van der Waals surface area (Å²) in [5.41, 5.74) is 10.5. The van der Waals surface area contributed by atoms with Gasteiger partial charge in [0, 0.05) is 11.1 Å². The minimum atomic E-state index is 0.408. The Morgan fingerprint density at radius 2 is 1.18 bits per heavy atom. The van der Waals surface area contributed by atoms with Crippen molar-refractivity contribution in [2.75, 3.05) is 11.1 Å². The smallest absolute Gasteiger partial charge is 0.220 e. The molecule has 0 aliphatic heterocycles. The van der Waals surface area contributed by atoms with Crippen LogP contribution in [0.1, 0.15) is 102 Å². The molecule has 0 amide bonds. The van der Waals surface area contributed by atoms with Crippen LogP contribution in [0.15, 0.2) is 42.5 Å². The van der Waals surface area contributed by atoms with Crippen LogP contribution in [0.2, 0.25) is 0 Å². The number of unbranched alkanes of at least 4 members (excludes halogenated alkanes) is 10. The van der Waals surface area contributed by atoms with Gasteiger partial charge in [-0.3, -0.25) is 0 Å². The molecule has 1 heterocycles. The number of nitrogen functional groups attached to an aromatic ring is 1. The van der Waals surface area contributed by atoms with Gasteiger partial charge >= 0.3 is 0 Å². The quantitative estimate of drug-likeness (QED) is 0.210. The Bertz CT molecular complexity index is 956. The highest BCUT2D eigenvalue weighted by molar-refractivity contribution is 5.95. The topological polar surface area (TPSA) is 63.8 Å². The molecule has 3 N–H and O–H groups in total. The van der Waals surface area contributed by atoms with Gasteiger partial charge in [0.25, 0.3) is 0 Å². The summed E-state index contributed by atoms with van der Waals surface area (Å²) < 4.78 is 0. The SMILES string of the molecule is CCCCCCCCc1nc(N)nc(CCCCCCCC)c1Nc1cccc2ccccc12. The van der Waals surface area contributed by atoms with E-state index in [9.17, 15) is 0 Å². The van der Waals surface area contributed by atoms with E-state index in [2.05, 4.69) is 61.6 Å². The fourth-order valence-electron chi connectivity index (χ4n) is 4.70. The van der Waals surface area contributed by atoms with E-state index in [1.165, 1.54) is 75.0 Å². The molecule has 0 aliphatic carbocycles. The molecule has 0 radical (unpaired) electrons. The second kappa shape index (κ2) is 14.6. The first-order valence-corrected chi connectivity index (χ1v) is 13.6. The summed E-state index contributed by atoms with van der Waals surface area (Å²) in [6, 6.07) is 15.0. The third-order valence-corrected chi connectivity index (χ3v) is 6.66. The summed E-state index contributed by atoms with van der Waals surface area (Å²) in [5, 5.41) is 6.21. The highest BCUT2D eigenvalue weighted by Gasteiger charge is 2.15. The van der Waals surface area contributed by atoms with Crippen LogP contribution in [-0.4, -0.2) is 9.97 Å². The zero-order chi connectivity index (χ0) is 24.0. The van der Waals surface area contributed by atoms with Gasteiger partial charge in [0.1, 0.15) is 0 Å². The van der Waals surface area contributed by atoms with E-state index in [0.29, 0.717) is 5.95 Å². The number of hydrogen-bond donors (Lipinski definition) is 2. The zero-order valence-corrected chi connectivity index (χ0v) is 21.4. The summed E-state index contributed by atoms with van der Waals surface area (Å²) in [6.45, 7) is 4.53. The third-order valence-electron chi connectivity index (χ3n) is 6.66. The van der Waals surface area contributed by atoms with Crippen molar-refractivity contribution in [2.24, 2.45) is 0 Å². The zero-order valence-electron chi connectivity index (χ0n) is 21.4. The predicted molar refractivity (Wildman–Crippen MR) is 148 cm³/mol. The number of aryl methyl sites for hydroxylation is 2. The van der Waals surface area contributed by atoms with Gasteiger partial charge in [-0.1, -0.05) is 114 Å². The second-order valence-electron chi connectivity index (χ2n) is 9.54. The predicted octanol–water partition coefficient (Wildman–Crippen LogP) is 8.76. The largest absolute Gasteiger partial charge is 0.368 e. The molecule has 4 heteroatoms. The van der Waals surface area contributed by atoms with Gasteiger partial charge in [-0.2, -0.15) is 0 Å². The molecule has 0 bridgehead atoms. The van der Waals surface area contributed by atoms with Crippen molar-refractivity contribution < 1.29 is 0 Å². The normalized spacial score (nSPS) is 11.2. The lowest BCUT2D eigenvalue weighted by Gasteiger charge is -2.18. The highest BCUT2D eigenvalue weighted by Crippen LogP contribution is 2.31. The van der Waals surface area contributed by atoms with Gasteiger partial charge < -0.3 is 11.1 Å². The molecule has 0 unspecified atom stereocenters. The lowest BCUT2D eigenvalue weighted by atomic mass is 10.0. The first kappa shape index (κ1) is 26.0. The van der Waals surface area contributed by atoms with Crippen molar-refractivity contribution in [2.45, 2.75) is 104 Å². The first-order valence-electron chi connectivity index (χ1n) is 13.6. The second-order valence-corrected chi connectivity index (χ2v) is 9.54. The molecule has 3 rings (SSSR count). The number of nitrogens with one attached hydrogen (secondary N) is 1. The number of nitrogens with two attached hydrogens (primary N) is 1. The molecule has 0 saturated heterocycles. The number of nitrogens with zero attached hydrogens (tertiary/aromatic N) is 2. The van der Waals surface area contributed by atoms with Crippen molar-refractivity contribution in [1.82, 2.24) is 9.97 Å². The summed E-state index contributed by atoms with van der Waals surface area (Å²) in [5.74, 6) is 0.408. The van der Waals surface area contributed by atoms with Gasteiger partial charge in [0.2, 0.25) is 5.95 Å². The standard InChI is InChI=1S/C30H44N4/c1-3-5-7-9-11-13-21-27-29(32-26-23-17-19-24-18-15-16-20-25(24)26)28(34-30(31)33-27)22-14-12-10-8-6-4-2/h15-20,23,32H,3-14,21-22H2,1-2H3,(H2,31,33,34). The minimum absolute atomic E-state index is 0.408. The van der Waals surface area contributed by atoms with E-state index in [1.54, 1.807) is 0 Å². The molecule has 0 fully saturated rings. The maximum atomic E-state index is 6.20. The number of benzene rings is 2. The molecule has 2 aromatic carbocycles. The molecular weight excluding hydrogens is 416 g/mol. The average Bonchev–Trinajstić information content (AvgIpc) is 2.85. The van der Waals surface area contributed by atoms with Crippen molar-refractivity contribution in [1.29, 1.82) is 0 Å². The molecule has 34 heavy (non-hydrogen) atoms. The maximum absolute atomic E-state index is 6.20. The Morgan fingerprint density at radius 1 is 0.647 bits per heavy atom. The Balaban J connectivity index is 1.80. The highest BCUT2D eigenvalue weighted by atomic mass is 15.0. The molecule has 0 atom stereocenters. The fraction of sp³-hybridized carbons (Fsp3) is 0.533. The van der Waals surface area contributed by atoms with E-state index >= 15 is 0 Å². The van der Waals surface area contributed by atoms with E-state index < -0.39 is 0 Å². The van der Waals surface area contributed by atoms with Gasteiger partial charge in [-0.05, 0) is 37.1 Å². The monoisotopic (exact) mass is 460 g/mol. The lowest BCUT2D eigenvalue weighted by Crippen LogP contribution is -2.10. The first-order chi connectivity index (χ1) is 16.7. The Kier molecular flexibility index (Phi) is 11.2. The Labute approximate surface area is 206 Å². The molecule has 0 aliphatic rings. The molecule has 0 saturated carbocycles. The number of fused-ring (bicyclic) bond motifs is 1. The van der Waals surface area contributed by atoms with Crippen molar-refractivity contribution in [3.8, 4) is 0 Å². The molecule has 0 spiro atoms. The van der Waals surface area contributed by atoms with E-state index in [0.717, 1.165) is 48.4 Å². The Hall–Kier alpha value is -2.62. The van der Waals surface area contributed by atoms with Crippen LogP contribution in [-0.2, 0) is 12.8 Å². The number of hydrogen-bond acceptors (Lipinski definition) is 4. The van der Waals surface area contributed by atoms with E-state index in [-0.39, 0.29) is 0 Å². The lowest BCUT2D eigenvalue weighted by molar-refractivity contribution is 0.600. The average molecular weight is 461 g/mol. The number of rotatable bonds is 16. The van der Waals surface area contributed by atoms with Crippen molar-refractivity contribution in [3.63, 3.8) is 0 Å². The fourth-order valence-corrected chi connectivity index (χ4v) is 4.70. The van der Waals surface area contributed by atoms with Gasteiger partial charge in [0.05, 0.1) is 17.1 Å². The molecule has 184 valence electrons. The summed E-state index contributed by atoms with van der Waals surface area (Å²) >= 11 is 0. The van der Waals surface area contributed by atoms with Crippen LogP contribution in [0.25, 0.3) is 10.8 Å². The number of anilines is 3.